The quantitative estimate of drug-likeness (QED) is 0.0526. The number of phosphoric acid groups is 3. The highest BCUT2D eigenvalue weighted by atomic mass is 31.3. The van der Waals surface area contributed by atoms with Gasteiger partial charge in [0, 0.05) is 31.3 Å². The fraction of sp³-hybridized carbons (Fsp3) is 0.474. The highest BCUT2D eigenvalue weighted by Gasteiger charge is 2.43. The van der Waals surface area contributed by atoms with E-state index in [1.54, 1.807) is 0 Å². The van der Waals surface area contributed by atoms with E-state index in [4.69, 9.17) is 20.3 Å². The van der Waals surface area contributed by atoms with Crippen molar-refractivity contribution in [2.45, 2.75) is 31.3 Å². The van der Waals surface area contributed by atoms with E-state index in [2.05, 4.69) is 35.3 Å². The van der Waals surface area contributed by atoms with Crippen molar-refractivity contribution in [1.29, 1.82) is 0 Å². The summed E-state index contributed by atoms with van der Waals surface area (Å²) in [6.07, 6.45) is -0.0565. The number of carbonyl (C=O) groups is 2. The van der Waals surface area contributed by atoms with Crippen molar-refractivity contribution in [2.24, 2.45) is 0 Å². The van der Waals surface area contributed by atoms with Crippen LogP contribution >= 0.6 is 23.5 Å². The second-order valence-electron chi connectivity index (χ2n) is 8.54. The summed E-state index contributed by atoms with van der Waals surface area (Å²) in [4.78, 5) is 76.1. The van der Waals surface area contributed by atoms with Gasteiger partial charge in [0.05, 0.1) is 24.8 Å². The maximum Gasteiger partial charge on any atom is 0.490 e. The van der Waals surface area contributed by atoms with Crippen LogP contribution in [0.1, 0.15) is 24.6 Å². The third kappa shape index (κ3) is 10.0. The second kappa shape index (κ2) is 13.8. The van der Waals surface area contributed by atoms with Gasteiger partial charge in [-0.1, -0.05) is 11.8 Å². The molecule has 3 rings (SSSR count). The highest BCUT2D eigenvalue weighted by Crippen LogP contribution is 2.66. The minimum Gasteiger partial charge on any atom is -0.390 e. The molecule has 1 saturated heterocycles. The van der Waals surface area contributed by atoms with E-state index in [0.29, 0.717) is 13.0 Å². The van der Waals surface area contributed by atoms with Crippen molar-refractivity contribution in [1.82, 2.24) is 19.8 Å². The number of phosphoric ester groups is 1. The Balaban J connectivity index is 1.54. The Hall–Kier alpha value is -2.59. The van der Waals surface area contributed by atoms with Gasteiger partial charge in [-0.15, -0.1) is 0 Å². The number of aliphatic hydroxyl groups is 1. The Bertz CT molecular complexity index is 1480. The fourth-order valence-corrected chi connectivity index (χ4v) is 6.62. The minimum atomic E-state index is -5.73. The summed E-state index contributed by atoms with van der Waals surface area (Å²) in [5.41, 5.74) is 5.04. The molecule has 0 spiro atoms. The van der Waals surface area contributed by atoms with Crippen molar-refractivity contribution in [3.05, 3.63) is 34.4 Å². The number of aromatic nitrogens is 2. The lowest BCUT2D eigenvalue weighted by Crippen LogP contribution is -2.32. The Morgan fingerprint density at radius 2 is 1.76 bits per heavy atom. The summed E-state index contributed by atoms with van der Waals surface area (Å²) in [6.45, 7) is -0.0651. The number of nitrogens with two attached hydrogens (primary N) is 1. The zero-order chi connectivity index (χ0) is 31.3. The van der Waals surface area contributed by atoms with Crippen LogP contribution in [-0.2, 0) is 41.2 Å². The SMILES string of the molecule is Nc1nc(=O)n([C@H]2CC(O)[C@@H](COP(=O)(O)OP(=O)(O)OP(=O)(O)O)O2)cc1C#CCNCCCN1C(=O)C=CC1=O. The van der Waals surface area contributed by atoms with Gasteiger partial charge >= 0.3 is 29.2 Å². The zero-order valence-electron chi connectivity index (χ0n) is 21.3. The molecule has 2 aliphatic heterocycles. The van der Waals surface area contributed by atoms with Crippen LogP contribution in [0.15, 0.2) is 23.1 Å². The highest BCUT2D eigenvalue weighted by molar-refractivity contribution is 7.66. The lowest BCUT2D eigenvalue weighted by atomic mass is 10.2. The van der Waals surface area contributed by atoms with Gasteiger partial charge in [-0.2, -0.15) is 13.6 Å². The standard InChI is InChI=1S/C19H26N5O15P3/c20-18-12(3-1-6-21-7-2-8-23-15(26)4-5-16(23)27)10-24(19(28)22-18)17-9-13(25)14(37-17)11-36-41(32,33)39-42(34,35)38-40(29,30)31/h4-5,10,13-14,17,21,25H,2,6-9,11H2,(H,32,33)(H,34,35)(H2,20,22,28)(H2,29,30,31)/t13?,14-,17-/m1/s1. The van der Waals surface area contributed by atoms with Crippen LogP contribution in [0.3, 0.4) is 0 Å². The number of ether oxygens (including phenoxy) is 1. The lowest BCUT2D eigenvalue weighted by Gasteiger charge is -2.19. The van der Waals surface area contributed by atoms with Crippen molar-refractivity contribution < 1.29 is 65.8 Å². The molecule has 20 nitrogen and oxygen atoms in total. The van der Waals surface area contributed by atoms with Crippen LogP contribution in [0.2, 0.25) is 0 Å². The van der Waals surface area contributed by atoms with Crippen LogP contribution in [0, 0.1) is 11.8 Å². The maximum atomic E-state index is 12.4. The molecule has 0 aromatic carbocycles. The average molecular weight is 657 g/mol. The molecule has 23 heteroatoms. The van der Waals surface area contributed by atoms with Gasteiger partial charge in [0.1, 0.15) is 18.1 Å². The number of rotatable bonds is 13. The molecule has 2 amide bonds. The van der Waals surface area contributed by atoms with Crippen molar-refractivity contribution >= 4 is 41.1 Å². The second-order valence-corrected chi connectivity index (χ2v) is 13.0. The van der Waals surface area contributed by atoms with Crippen LogP contribution in [-0.4, -0.2) is 89.4 Å². The fourth-order valence-electron chi connectivity index (χ4n) is 3.59. The van der Waals surface area contributed by atoms with Crippen molar-refractivity contribution in [2.75, 3.05) is 32.0 Å². The van der Waals surface area contributed by atoms with Crippen LogP contribution < -0.4 is 16.7 Å². The van der Waals surface area contributed by atoms with Gasteiger partial charge in [-0.3, -0.25) is 23.6 Å². The zero-order valence-corrected chi connectivity index (χ0v) is 24.0. The molecule has 2 aliphatic rings. The summed E-state index contributed by atoms with van der Waals surface area (Å²) in [7, 11) is -16.8. The van der Waals surface area contributed by atoms with E-state index in [9.17, 15) is 43.0 Å². The normalized spacial score (nSPS) is 23.5. The van der Waals surface area contributed by atoms with Crippen molar-refractivity contribution in [3.8, 4) is 11.8 Å². The number of hydrogen-bond acceptors (Lipinski definition) is 14. The number of anilines is 1. The summed E-state index contributed by atoms with van der Waals surface area (Å²) in [6, 6.07) is 0. The van der Waals surface area contributed by atoms with Gasteiger partial charge < -0.3 is 40.5 Å². The first-order chi connectivity index (χ1) is 19.5. The Kier molecular flexibility index (Phi) is 11.1. The summed E-state index contributed by atoms with van der Waals surface area (Å²) in [5.74, 6) is 4.56. The first-order valence-corrected chi connectivity index (χ1v) is 16.2. The molecule has 42 heavy (non-hydrogen) atoms. The van der Waals surface area contributed by atoms with Gasteiger partial charge in [-0.05, 0) is 13.0 Å². The minimum absolute atomic E-state index is 0.130. The number of imide groups is 1. The Morgan fingerprint density at radius 3 is 2.40 bits per heavy atom. The number of aliphatic hydroxyl groups excluding tert-OH is 1. The van der Waals surface area contributed by atoms with E-state index >= 15 is 0 Å². The monoisotopic (exact) mass is 657 g/mol. The van der Waals surface area contributed by atoms with Gasteiger partial charge in [0.15, 0.2) is 0 Å². The number of nitrogens with zero attached hydrogens (tertiary/aromatic N) is 3. The average Bonchev–Trinajstić information content (AvgIpc) is 3.37. The number of carbonyl (C=O) groups excluding carboxylic acids is 2. The Labute approximate surface area is 236 Å². The molecule has 0 radical (unpaired) electrons. The lowest BCUT2D eigenvalue weighted by molar-refractivity contribution is -0.136. The molecule has 3 unspecified atom stereocenters. The topological polar surface area (TPSA) is 300 Å². The van der Waals surface area contributed by atoms with E-state index in [-0.39, 0.29) is 42.7 Å². The molecule has 0 saturated carbocycles. The van der Waals surface area contributed by atoms with Gasteiger partial charge in [0.2, 0.25) is 0 Å². The predicted molar refractivity (Wildman–Crippen MR) is 137 cm³/mol. The molecule has 5 atom stereocenters. The molecule has 1 aromatic heterocycles. The van der Waals surface area contributed by atoms with Crippen LogP contribution in [0.25, 0.3) is 0 Å². The molecular formula is C19H26N5O15P3. The molecule has 3 heterocycles. The third-order valence-corrected chi connectivity index (χ3v) is 9.19. The smallest absolute Gasteiger partial charge is 0.390 e. The molecule has 1 fully saturated rings. The van der Waals surface area contributed by atoms with E-state index in [0.717, 1.165) is 9.47 Å². The van der Waals surface area contributed by atoms with Gasteiger partial charge in [0.25, 0.3) is 11.8 Å². The molecule has 1 aromatic rings. The molecule has 0 aliphatic carbocycles. The van der Waals surface area contributed by atoms with Crippen LogP contribution in [0.4, 0.5) is 5.82 Å². The number of hydrogen-bond donors (Lipinski definition) is 7. The summed E-state index contributed by atoms with van der Waals surface area (Å²) < 4.78 is 52.2. The summed E-state index contributed by atoms with van der Waals surface area (Å²) in [5, 5.41) is 13.3. The van der Waals surface area contributed by atoms with Crippen LogP contribution in [0.5, 0.6) is 0 Å². The first kappa shape index (κ1) is 33.9. The largest absolute Gasteiger partial charge is 0.490 e. The summed E-state index contributed by atoms with van der Waals surface area (Å²) >= 11 is 0. The number of nitrogen functional groups attached to an aromatic ring is 1. The van der Waals surface area contributed by atoms with E-state index < -0.39 is 54.2 Å². The number of amides is 2. The van der Waals surface area contributed by atoms with Crippen molar-refractivity contribution in [3.63, 3.8) is 0 Å². The molecule has 0 bridgehead atoms. The Morgan fingerprint density at radius 1 is 1.10 bits per heavy atom. The van der Waals surface area contributed by atoms with Gasteiger partial charge in [-0.25, -0.2) is 18.5 Å². The predicted octanol–water partition coefficient (Wildman–Crippen LogP) is -1.93. The van der Waals surface area contributed by atoms with E-state index in [1.165, 1.54) is 18.3 Å². The first-order valence-electron chi connectivity index (χ1n) is 11.7. The van der Waals surface area contributed by atoms with E-state index in [1.807, 2.05) is 0 Å². The number of nitrogens with one attached hydrogen (secondary N) is 1. The third-order valence-electron chi connectivity index (χ3n) is 5.39. The molecule has 232 valence electrons. The molecule has 8 N–H and O–H groups in total. The maximum absolute atomic E-state index is 12.4. The molecular weight excluding hydrogens is 631 g/mol.